The first-order valence-electron chi connectivity index (χ1n) is 11.4. The Morgan fingerprint density at radius 2 is 2.06 bits per heavy atom. The van der Waals surface area contributed by atoms with Gasteiger partial charge in [-0.05, 0) is 49.1 Å². The predicted molar refractivity (Wildman–Crippen MR) is 119 cm³/mol. The van der Waals surface area contributed by atoms with Gasteiger partial charge in [0.1, 0.15) is 18.1 Å². The molecule has 0 radical (unpaired) electrons. The largest absolute Gasteiger partial charge is 0.506 e. The van der Waals surface area contributed by atoms with Gasteiger partial charge in [0.25, 0.3) is 0 Å². The van der Waals surface area contributed by atoms with Crippen molar-refractivity contribution in [1.29, 1.82) is 0 Å². The van der Waals surface area contributed by atoms with Crippen LogP contribution in [-0.4, -0.2) is 35.0 Å². The second-order valence-corrected chi connectivity index (χ2v) is 8.88. The molecule has 7 nitrogen and oxygen atoms in total. The van der Waals surface area contributed by atoms with Crippen LogP contribution < -0.4 is 9.47 Å². The summed E-state index contributed by atoms with van der Waals surface area (Å²) >= 11 is 0. The maximum Gasteiger partial charge on any atom is 0.340 e. The van der Waals surface area contributed by atoms with Crippen LogP contribution in [0.15, 0.2) is 23.4 Å². The van der Waals surface area contributed by atoms with E-state index >= 15 is 0 Å². The molecule has 1 N–H and O–H groups in total. The van der Waals surface area contributed by atoms with Gasteiger partial charge in [0, 0.05) is 30.0 Å². The third-order valence-electron chi connectivity index (χ3n) is 6.61. The summed E-state index contributed by atoms with van der Waals surface area (Å²) in [6.45, 7) is 2.88. The van der Waals surface area contributed by atoms with Gasteiger partial charge in [0.15, 0.2) is 11.5 Å². The highest BCUT2D eigenvalue weighted by molar-refractivity contribution is 6.02. The quantitative estimate of drug-likeness (QED) is 0.677. The standard InChI is InChI=1S/C25H28N2O5/c1-15-11-22(31-14-18-13-23(29)32-27-18)25-19(9-10-30-25)20(15)12-17-7-8-21(28)24(26-17)16-5-3-2-4-6-16/h7-8,11,16,28H,2-6,9-10,12-14H2,1H3. The number of benzene rings is 1. The highest BCUT2D eigenvalue weighted by Crippen LogP contribution is 2.41. The Hall–Kier alpha value is -3.09. The fourth-order valence-electron chi connectivity index (χ4n) is 4.96. The average Bonchev–Trinajstić information content (AvgIpc) is 3.45. The number of ether oxygens (including phenoxy) is 2. The number of aromatic nitrogens is 1. The third-order valence-corrected chi connectivity index (χ3v) is 6.61. The van der Waals surface area contributed by atoms with Crippen molar-refractivity contribution in [1.82, 2.24) is 4.98 Å². The molecule has 1 aromatic carbocycles. The lowest BCUT2D eigenvalue weighted by Gasteiger charge is -2.22. The van der Waals surface area contributed by atoms with E-state index in [-0.39, 0.29) is 19.0 Å². The van der Waals surface area contributed by atoms with E-state index in [4.69, 9.17) is 14.5 Å². The minimum absolute atomic E-state index is 0.163. The van der Waals surface area contributed by atoms with E-state index in [1.165, 1.54) is 24.8 Å². The molecule has 2 aromatic rings. The summed E-state index contributed by atoms with van der Waals surface area (Å²) in [7, 11) is 0. The number of aryl methyl sites for hydroxylation is 1. The van der Waals surface area contributed by atoms with Crippen LogP contribution in [0.5, 0.6) is 17.2 Å². The number of nitrogens with zero attached hydrogens (tertiary/aromatic N) is 2. The van der Waals surface area contributed by atoms with Gasteiger partial charge in [-0.25, -0.2) is 4.79 Å². The molecule has 0 spiro atoms. The first-order chi connectivity index (χ1) is 15.6. The number of pyridine rings is 1. The highest BCUT2D eigenvalue weighted by atomic mass is 16.7. The van der Waals surface area contributed by atoms with Crippen LogP contribution in [-0.2, 0) is 22.5 Å². The first-order valence-corrected chi connectivity index (χ1v) is 11.4. The molecular formula is C25H28N2O5. The number of oxime groups is 1. The number of rotatable bonds is 6. The van der Waals surface area contributed by atoms with E-state index < -0.39 is 0 Å². The van der Waals surface area contributed by atoms with Gasteiger partial charge >= 0.3 is 5.97 Å². The molecule has 168 valence electrons. The number of aromatic hydroxyl groups is 1. The van der Waals surface area contributed by atoms with Crippen molar-refractivity contribution in [2.45, 2.75) is 64.2 Å². The number of hydrogen-bond donors (Lipinski definition) is 1. The van der Waals surface area contributed by atoms with Gasteiger partial charge in [-0.3, -0.25) is 4.98 Å². The Bertz CT molecular complexity index is 1070. The van der Waals surface area contributed by atoms with Crippen molar-refractivity contribution in [2.24, 2.45) is 5.16 Å². The van der Waals surface area contributed by atoms with Crippen LogP contribution in [0.3, 0.4) is 0 Å². The monoisotopic (exact) mass is 436 g/mol. The zero-order chi connectivity index (χ0) is 22.1. The zero-order valence-corrected chi connectivity index (χ0v) is 18.4. The third kappa shape index (κ3) is 4.16. The maximum absolute atomic E-state index is 11.2. The molecule has 3 heterocycles. The lowest BCUT2D eigenvalue weighted by atomic mass is 9.86. The second-order valence-electron chi connectivity index (χ2n) is 8.88. The molecule has 32 heavy (non-hydrogen) atoms. The molecule has 1 aromatic heterocycles. The van der Waals surface area contributed by atoms with Crippen LogP contribution in [0.1, 0.15) is 72.5 Å². The number of carbonyl (C=O) groups excluding carboxylic acids is 1. The Morgan fingerprint density at radius 1 is 1.22 bits per heavy atom. The van der Waals surface area contributed by atoms with Crippen LogP contribution >= 0.6 is 0 Å². The molecule has 0 unspecified atom stereocenters. The van der Waals surface area contributed by atoms with E-state index in [1.54, 1.807) is 6.07 Å². The smallest absolute Gasteiger partial charge is 0.340 e. The van der Waals surface area contributed by atoms with E-state index in [0.717, 1.165) is 47.5 Å². The molecular weight excluding hydrogens is 408 g/mol. The topological polar surface area (TPSA) is 90.2 Å². The van der Waals surface area contributed by atoms with Crippen molar-refractivity contribution < 1.29 is 24.2 Å². The van der Waals surface area contributed by atoms with E-state index in [1.807, 2.05) is 12.1 Å². The summed E-state index contributed by atoms with van der Waals surface area (Å²) < 4.78 is 11.9. The van der Waals surface area contributed by atoms with E-state index in [9.17, 15) is 9.90 Å². The van der Waals surface area contributed by atoms with Gasteiger partial charge in [-0.15, -0.1) is 0 Å². The molecule has 3 aliphatic rings. The molecule has 1 saturated carbocycles. The molecule has 1 fully saturated rings. The summed E-state index contributed by atoms with van der Waals surface area (Å²) in [5.74, 6) is 1.74. The molecule has 2 aliphatic heterocycles. The van der Waals surface area contributed by atoms with E-state index in [0.29, 0.717) is 36.2 Å². The fourth-order valence-corrected chi connectivity index (χ4v) is 4.96. The van der Waals surface area contributed by atoms with Crippen molar-refractivity contribution in [3.8, 4) is 17.2 Å². The van der Waals surface area contributed by atoms with E-state index in [2.05, 4.69) is 16.9 Å². The molecule has 7 heteroatoms. The van der Waals surface area contributed by atoms with Crippen LogP contribution in [0.4, 0.5) is 0 Å². The van der Waals surface area contributed by atoms with Gasteiger partial charge < -0.3 is 19.4 Å². The number of fused-ring (bicyclic) bond motifs is 1. The van der Waals surface area contributed by atoms with Gasteiger partial charge in [0.05, 0.1) is 18.7 Å². The van der Waals surface area contributed by atoms with Crippen molar-refractivity contribution in [3.63, 3.8) is 0 Å². The van der Waals surface area contributed by atoms with Gasteiger partial charge in [-0.2, -0.15) is 0 Å². The summed E-state index contributed by atoms with van der Waals surface area (Å²) in [5, 5.41) is 14.2. The number of carbonyl (C=O) groups is 1. The minimum atomic E-state index is -0.356. The lowest BCUT2D eigenvalue weighted by Crippen LogP contribution is -2.12. The second kappa shape index (κ2) is 8.81. The normalized spacial score (nSPS) is 18.2. The first kappa shape index (κ1) is 20.8. The number of hydrogen-bond acceptors (Lipinski definition) is 7. The molecule has 0 amide bonds. The summed E-state index contributed by atoms with van der Waals surface area (Å²) in [4.78, 5) is 20.8. The van der Waals surface area contributed by atoms with Crippen molar-refractivity contribution in [3.05, 3.63) is 46.3 Å². The van der Waals surface area contributed by atoms with Gasteiger partial charge in [0.2, 0.25) is 0 Å². The van der Waals surface area contributed by atoms with Crippen LogP contribution in [0.25, 0.3) is 0 Å². The molecule has 0 atom stereocenters. The molecule has 5 rings (SSSR count). The maximum atomic E-state index is 11.2. The summed E-state index contributed by atoms with van der Waals surface area (Å²) in [6.07, 6.45) is 7.54. The van der Waals surface area contributed by atoms with Crippen molar-refractivity contribution in [2.75, 3.05) is 13.2 Å². The summed E-state index contributed by atoms with van der Waals surface area (Å²) in [6, 6.07) is 5.70. The summed E-state index contributed by atoms with van der Waals surface area (Å²) in [5.41, 5.74) is 5.85. The molecule has 0 saturated heterocycles. The SMILES string of the molecule is Cc1cc(OCC2=NOC(=O)C2)c2c(c1Cc1ccc(O)c(C3CCCCC3)n1)CCO2. The van der Waals surface area contributed by atoms with Crippen molar-refractivity contribution >= 4 is 11.7 Å². The molecule has 0 bridgehead atoms. The molecule has 1 aliphatic carbocycles. The lowest BCUT2D eigenvalue weighted by molar-refractivity contribution is -0.140. The van der Waals surface area contributed by atoms with Crippen LogP contribution in [0.2, 0.25) is 0 Å². The average molecular weight is 437 g/mol. The van der Waals surface area contributed by atoms with Gasteiger partial charge in [-0.1, -0.05) is 24.4 Å². The predicted octanol–water partition coefficient (Wildman–Crippen LogP) is 4.35. The van der Waals surface area contributed by atoms with Crippen LogP contribution in [0, 0.1) is 6.92 Å². The Balaban J connectivity index is 1.39. The Kier molecular flexibility index (Phi) is 5.72. The minimum Gasteiger partial charge on any atom is -0.506 e. The Morgan fingerprint density at radius 3 is 2.84 bits per heavy atom. The highest BCUT2D eigenvalue weighted by Gasteiger charge is 2.26. The Labute approximate surface area is 187 Å². The zero-order valence-electron chi connectivity index (χ0n) is 18.4. The fraction of sp³-hybridized carbons (Fsp3) is 0.480.